The van der Waals surface area contributed by atoms with E-state index >= 15 is 8.78 Å². The van der Waals surface area contributed by atoms with E-state index in [1.54, 1.807) is 34.6 Å². The number of thioether (sulfide) groups is 1. The first-order valence-electron chi connectivity index (χ1n) is 14.5. The van der Waals surface area contributed by atoms with Crippen LogP contribution in [-0.4, -0.2) is 62.8 Å². The zero-order valence-electron chi connectivity index (χ0n) is 25.1. The minimum absolute atomic E-state index is 0.00745. The topological polar surface area (TPSA) is 120 Å². The standard InChI is InChI=1S/C32H38F2O8S/c1-17-12-19-20-14-22(33)21-13-18(35)9-10-29(21,5)31(20,34)24(36)15-30(19,6)32(17,42-26(38)23-8-7-11-40-23)27(39)43-16-25(37)41-28(2,3)4/h7-11,13,17,19-20,22,24,36H,12,14-16H2,1-6H3/t17-,19?,20?,22+,24+,29+,30+,31+,32+/m1/s1. The van der Waals surface area contributed by atoms with Crippen LogP contribution in [0.3, 0.4) is 0 Å². The summed E-state index contributed by atoms with van der Waals surface area (Å²) < 4.78 is 50.2. The highest BCUT2D eigenvalue weighted by molar-refractivity contribution is 8.14. The van der Waals surface area contributed by atoms with Crippen molar-refractivity contribution in [1.29, 1.82) is 0 Å². The maximum absolute atomic E-state index is 17.6. The second kappa shape index (κ2) is 10.4. The third-order valence-corrected chi connectivity index (χ3v) is 11.1. The van der Waals surface area contributed by atoms with E-state index in [1.807, 2.05) is 0 Å². The second-order valence-corrected chi connectivity index (χ2v) is 14.7. The minimum atomic E-state index is -2.36. The van der Waals surface area contributed by atoms with E-state index in [4.69, 9.17) is 13.9 Å². The van der Waals surface area contributed by atoms with Gasteiger partial charge in [-0.3, -0.25) is 14.4 Å². The Bertz CT molecular complexity index is 1400. The van der Waals surface area contributed by atoms with Gasteiger partial charge in [0.05, 0.1) is 18.1 Å². The molecule has 5 rings (SSSR count). The molecule has 1 aromatic heterocycles. The molecular weight excluding hydrogens is 582 g/mol. The third-order valence-electron chi connectivity index (χ3n) is 10.2. The number of aliphatic hydroxyl groups is 1. The number of halogens is 2. The Morgan fingerprint density at radius 2 is 1.88 bits per heavy atom. The number of allylic oxidation sites excluding steroid dienone is 4. The quantitative estimate of drug-likeness (QED) is 0.435. The predicted molar refractivity (Wildman–Crippen MR) is 153 cm³/mol. The maximum atomic E-state index is 17.6. The molecule has 234 valence electrons. The lowest BCUT2D eigenvalue weighted by Gasteiger charge is -2.63. The molecule has 4 aliphatic rings. The summed E-state index contributed by atoms with van der Waals surface area (Å²) in [5, 5.41) is 11.1. The highest BCUT2D eigenvalue weighted by atomic mass is 32.2. The Morgan fingerprint density at radius 1 is 1.19 bits per heavy atom. The first-order valence-corrected chi connectivity index (χ1v) is 15.5. The van der Waals surface area contributed by atoms with Gasteiger partial charge in [0, 0.05) is 22.7 Å². The molecule has 43 heavy (non-hydrogen) atoms. The molecule has 9 atom stereocenters. The largest absolute Gasteiger partial charge is 0.459 e. The van der Waals surface area contributed by atoms with Gasteiger partial charge in [0.2, 0.25) is 10.9 Å². The lowest BCUT2D eigenvalue weighted by atomic mass is 9.44. The van der Waals surface area contributed by atoms with Crippen LogP contribution in [-0.2, 0) is 23.9 Å². The SMILES string of the molecule is C[C@@H]1CC2C3C[C@H](F)C4=CC(=O)C=C[C@]4(C)[C@@]3(F)[C@@H](O)C[C@]2(C)[C@@]1(OC(=O)c1ccco1)C(=O)SCC(=O)OC(C)(C)C. The summed E-state index contributed by atoms with van der Waals surface area (Å²) >= 11 is 0.638. The fourth-order valence-electron chi connectivity index (χ4n) is 8.41. The maximum Gasteiger partial charge on any atom is 0.375 e. The van der Waals surface area contributed by atoms with Gasteiger partial charge in [-0.15, -0.1) is 0 Å². The van der Waals surface area contributed by atoms with Crippen LogP contribution in [0.2, 0.25) is 0 Å². The molecule has 3 saturated carbocycles. The van der Waals surface area contributed by atoms with E-state index in [-0.39, 0.29) is 36.3 Å². The number of ether oxygens (including phenoxy) is 2. The van der Waals surface area contributed by atoms with Crippen molar-refractivity contribution >= 4 is 34.6 Å². The van der Waals surface area contributed by atoms with Crippen molar-refractivity contribution in [3.63, 3.8) is 0 Å². The van der Waals surface area contributed by atoms with Crippen LogP contribution >= 0.6 is 11.8 Å². The molecule has 2 unspecified atom stereocenters. The highest BCUT2D eigenvalue weighted by Crippen LogP contribution is 2.72. The molecule has 4 aliphatic carbocycles. The van der Waals surface area contributed by atoms with Crippen molar-refractivity contribution < 1.29 is 47.0 Å². The first-order chi connectivity index (χ1) is 19.9. The van der Waals surface area contributed by atoms with E-state index < -0.39 is 80.6 Å². The van der Waals surface area contributed by atoms with Crippen molar-refractivity contribution in [3.8, 4) is 0 Å². The van der Waals surface area contributed by atoms with Gasteiger partial charge in [0.25, 0.3) is 0 Å². The van der Waals surface area contributed by atoms with E-state index in [1.165, 1.54) is 37.5 Å². The van der Waals surface area contributed by atoms with Gasteiger partial charge in [-0.05, 0) is 82.7 Å². The summed E-state index contributed by atoms with van der Waals surface area (Å²) in [6, 6.07) is 2.88. The lowest BCUT2D eigenvalue weighted by molar-refractivity contribution is -0.221. The Balaban J connectivity index is 1.57. The van der Waals surface area contributed by atoms with E-state index in [0.717, 1.165) is 6.08 Å². The van der Waals surface area contributed by atoms with E-state index in [9.17, 15) is 24.3 Å². The van der Waals surface area contributed by atoms with E-state index in [2.05, 4.69) is 0 Å². The zero-order valence-corrected chi connectivity index (χ0v) is 26.0. The Kier molecular flexibility index (Phi) is 7.65. The van der Waals surface area contributed by atoms with Gasteiger partial charge in [0.1, 0.15) is 11.8 Å². The summed E-state index contributed by atoms with van der Waals surface area (Å²) in [5.74, 6) is -4.99. The van der Waals surface area contributed by atoms with Crippen LogP contribution in [0.1, 0.15) is 71.4 Å². The Labute approximate surface area is 253 Å². The molecule has 8 nitrogen and oxygen atoms in total. The molecule has 1 N–H and O–H groups in total. The lowest BCUT2D eigenvalue weighted by Crippen LogP contribution is -2.70. The average Bonchev–Trinajstić information content (AvgIpc) is 3.52. The molecule has 1 aromatic rings. The van der Waals surface area contributed by atoms with Gasteiger partial charge in [-0.25, -0.2) is 13.6 Å². The van der Waals surface area contributed by atoms with Crippen molar-refractivity contribution in [2.45, 2.75) is 90.0 Å². The van der Waals surface area contributed by atoms with Crippen LogP contribution in [0.25, 0.3) is 0 Å². The minimum Gasteiger partial charge on any atom is -0.459 e. The normalized spacial score (nSPS) is 40.2. The molecular formula is C32H38F2O8S. The van der Waals surface area contributed by atoms with Crippen LogP contribution < -0.4 is 0 Å². The fraction of sp³-hybridized carbons (Fsp3) is 0.625. The molecule has 11 heteroatoms. The summed E-state index contributed by atoms with van der Waals surface area (Å²) in [4.78, 5) is 52.4. The van der Waals surface area contributed by atoms with Crippen molar-refractivity contribution in [1.82, 2.24) is 0 Å². The van der Waals surface area contributed by atoms with Gasteiger partial charge in [-0.2, -0.15) is 0 Å². The number of aliphatic hydroxyl groups excluding tert-OH is 1. The summed E-state index contributed by atoms with van der Waals surface area (Å²) in [5.41, 5.74) is -8.03. The molecule has 1 heterocycles. The summed E-state index contributed by atoms with van der Waals surface area (Å²) in [7, 11) is 0. The number of carbonyl (C=O) groups is 4. The highest BCUT2D eigenvalue weighted by Gasteiger charge is 2.78. The smallest absolute Gasteiger partial charge is 0.375 e. The second-order valence-electron chi connectivity index (χ2n) is 13.8. The summed E-state index contributed by atoms with van der Waals surface area (Å²) in [6.07, 6.45) is 1.17. The van der Waals surface area contributed by atoms with Crippen LogP contribution in [0, 0.1) is 28.6 Å². The molecule has 0 aliphatic heterocycles. The number of ketones is 1. The van der Waals surface area contributed by atoms with Crippen LogP contribution in [0.15, 0.2) is 46.6 Å². The molecule has 0 aromatic carbocycles. The zero-order chi connectivity index (χ0) is 31.8. The third kappa shape index (κ3) is 4.64. The molecule has 0 saturated heterocycles. The molecule has 3 fully saturated rings. The van der Waals surface area contributed by atoms with Gasteiger partial charge in [-0.1, -0.05) is 31.7 Å². The number of esters is 2. The number of fused-ring (bicyclic) bond motifs is 5. The van der Waals surface area contributed by atoms with Crippen molar-refractivity contribution in [2.24, 2.45) is 28.6 Å². The summed E-state index contributed by atoms with van der Waals surface area (Å²) in [6.45, 7) is 9.97. The average molecular weight is 621 g/mol. The van der Waals surface area contributed by atoms with Crippen LogP contribution in [0.5, 0.6) is 0 Å². The number of rotatable bonds is 5. The molecule has 0 spiro atoms. The number of hydrogen-bond acceptors (Lipinski definition) is 9. The number of furan rings is 1. The monoisotopic (exact) mass is 620 g/mol. The molecule has 0 radical (unpaired) electrons. The fourth-order valence-corrected chi connectivity index (χ4v) is 9.41. The van der Waals surface area contributed by atoms with Crippen molar-refractivity contribution in [2.75, 3.05) is 5.75 Å². The van der Waals surface area contributed by atoms with Crippen molar-refractivity contribution in [3.05, 3.63) is 48.0 Å². The van der Waals surface area contributed by atoms with Gasteiger partial charge < -0.3 is 19.0 Å². The number of alkyl halides is 2. The Morgan fingerprint density at radius 3 is 2.51 bits per heavy atom. The number of hydrogen-bond donors (Lipinski definition) is 1. The first kappa shape index (κ1) is 31.6. The van der Waals surface area contributed by atoms with Crippen LogP contribution in [0.4, 0.5) is 8.78 Å². The van der Waals surface area contributed by atoms with Gasteiger partial charge >= 0.3 is 11.9 Å². The number of carbonyl (C=O) groups excluding carboxylic acids is 4. The molecule has 0 amide bonds. The molecule has 0 bridgehead atoms. The van der Waals surface area contributed by atoms with Gasteiger partial charge in [0.15, 0.2) is 17.1 Å². The Hall–Kier alpha value is -2.79. The van der Waals surface area contributed by atoms with E-state index in [0.29, 0.717) is 11.8 Å². The predicted octanol–water partition coefficient (Wildman–Crippen LogP) is 5.34.